The number of esters is 1. The molecule has 1 aliphatic heterocycles. The van der Waals surface area contributed by atoms with Crippen LogP contribution in [0, 0.1) is 17.3 Å². The Morgan fingerprint density at radius 3 is 2.52 bits per heavy atom. The highest BCUT2D eigenvalue weighted by atomic mass is 16.5. The van der Waals surface area contributed by atoms with Crippen LogP contribution >= 0.6 is 0 Å². The van der Waals surface area contributed by atoms with Crippen LogP contribution in [0.1, 0.15) is 46.5 Å². The van der Waals surface area contributed by atoms with E-state index in [0.29, 0.717) is 17.9 Å². The fourth-order valence-electron chi connectivity index (χ4n) is 3.77. The van der Waals surface area contributed by atoms with Gasteiger partial charge >= 0.3 is 5.97 Å². The van der Waals surface area contributed by atoms with E-state index in [1.54, 1.807) is 0 Å². The van der Waals surface area contributed by atoms with Crippen LogP contribution in [0.4, 0.5) is 0 Å². The summed E-state index contributed by atoms with van der Waals surface area (Å²) in [7, 11) is 1.41. The van der Waals surface area contributed by atoms with E-state index >= 15 is 0 Å². The molecule has 3 aliphatic rings. The molecule has 0 amide bonds. The zero-order chi connectivity index (χ0) is 15.4. The number of methoxy groups -OCH3 is 1. The molecule has 3 rings (SSSR count). The molecule has 1 atom stereocenters. The first-order chi connectivity index (χ1) is 9.84. The molecule has 0 saturated heterocycles. The molecular formula is C17H23NO3. The zero-order valence-electron chi connectivity index (χ0n) is 13.2. The van der Waals surface area contributed by atoms with E-state index in [0.717, 1.165) is 36.2 Å². The van der Waals surface area contributed by atoms with Crippen LogP contribution in [-0.2, 0) is 14.3 Å². The lowest BCUT2D eigenvalue weighted by Crippen LogP contribution is -2.40. The van der Waals surface area contributed by atoms with Gasteiger partial charge in [-0.05, 0) is 37.5 Å². The Labute approximate surface area is 125 Å². The van der Waals surface area contributed by atoms with E-state index < -0.39 is 0 Å². The van der Waals surface area contributed by atoms with Gasteiger partial charge in [0.25, 0.3) is 0 Å². The van der Waals surface area contributed by atoms with Gasteiger partial charge in [0.15, 0.2) is 5.78 Å². The van der Waals surface area contributed by atoms with Gasteiger partial charge in [-0.2, -0.15) is 0 Å². The smallest absolute Gasteiger partial charge is 0.336 e. The second-order valence-corrected chi connectivity index (χ2v) is 7.30. The maximum Gasteiger partial charge on any atom is 0.336 e. The Hall–Kier alpha value is -1.58. The number of nitrogens with one attached hydrogen (secondary N) is 1. The van der Waals surface area contributed by atoms with Crippen molar-refractivity contribution in [3.63, 3.8) is 0 Å². The number of carbonyl (C=O) groups is 2. The molecule has 4 heteroatoms. The van der Waals surface area contributed by atoms with Crippen molar-refractivity contribution in [3.05, 3.63) is 22.5 Å². The monoisotopic (exact) mass is 289 g/mol. The fourth-order valence-corrected chi connectivity index (χ4v) is 3.77. The number of Topliss-reactive ketones (excluding diaryl/α,β-unsaturated/α-hetero) is 1. The lowest BCUT2D eigenvalue weighted by Gasteiger charge is -2.39. The molecule has 1 saturated carbocycles. The third-order valence-corrected chi connectivity index (χ3v) is 4.78. The lowest BCUT2D eigenvalue weighted by atomic mass is 9.69. The average Bonchev–Trinajstić information content (AvgIpc) is 3.18. The number of hydrogen-bond acceptors (Lipinski definition) is 4. The number of ketones is 1. The molecule has 1 fully saturated rings. The highest BCUT2D eigenvalue weighted by molar-refractivity contribution is 6.02. The van der Waals surface area contributed by atoms with Crippen molar-refractivity contribution in [2.45, 2.75) is 46.5 Å². The van der Waals surface area contributed by atoms with E-state index in [9.17, 15) is 9.59 Å². The van der Waals surface area contributed by atoms with Gasteiger partial charge in [-0.1, -0.05) is 13.8 Å². The molecular weight excluding hydrogens is 266 g/mol. The van der Waals surface area contributed by atoms with E-state index in [1.807, 2.05) is 6.92 Å². The Morgan fingerprint density at radius 1 is 1.29 bits per heavy atom. The number of dihydropyridines is 1. The van der Waals surface area contributed by atoms with Crippen molar-refractivity contribution in [2.75, 3.05) is 7.11 Å². The van der Waals surface area contributed by atoms with Gasteiger partial charge in [0, 0.05) is 29.3 Å². The number of rotatable bonds is 2. The molecule has 1 unspecified atom stereocenters. The minimum absolute atomic E-state index is 0.0138. The summed E-state index contributed by atoms with van der Waals surface area (Å²) in [5.74, 6) is 0.254. The minimum Gasteiger partial charge on any atom is -0.466 e. The largest absolute Gasteiger partial charge is 0.466 e. The van der Waals surface area contributed by atoms with E-state index in [1.165, 1.54) is 7.11 Å². The summed E-state index contributed by atoms with van der Waals surface area (Å²) >= 11 is 0. The SMILES string of the molecule is COC(=O)C1=C(C)NC2=C(C(=O)CC(C)(C)C2)C1C1CC1. The molecule has 0 spiro atoms. The summed E-state index contributed by atoms with van der Waals surface area (Å²) in [4.78, 5) is 24.9. The molecule has 1 N–H and O–H groups in total. The van der Waals surface area contributed by atoms with Crippen molar-refractivity contribution in [3.8, 4) is 0 Å². The van der Waals surface area contributed by atoms with Gasteiger partial charge in [-0.15, -0.1) is 0 Å². The normalized spacial score (nSPS) is 28.2. The zero-order valence-corrected chi connectivity index (χ0v) is 13.2. The first-order valence-electron chi connectivity index (χ1n) is 7.66. The van der Waals surface area contributed by atoms with Crippen LogP contribution < -0.4 is 5.32 Å². The molecule has 0 bridgehead atoms. The van der Waals surface area contributed by atoms with Gasteiger partial charge < -0.3 is 10.1 Å². The van der Waals surface area contributed by atoms with Crippen LogP contribution in [0.15, 0.2) is 22.5 Å². The first-order valence-corrected chi connectivity index (χ1v) is 7.66. The van der Waals surface area contributed by atoms with Crippen LogP contribution in [0.5, 0.6) is 0 Å². The highest BCUT2D eigenvalue weighted by Crippen LogP contribution is 2.51. The maximum atomic E-state index is 12.7. The van der Waals surface area contributed by atoms with Crippen molar-refractivity contribution >= 4 is 11.8 Å². The molecule has 21 heavy (non-hydrogen) atoms. The van der Waals surface area contributed by atoms with E-state index in [2.05, 4.69) is 19.2 Å². The summed E-state index contributed by atoms with van der Waals surface area (Å²) < 4.78 is 4.95. The van der Waals surface area contributed by atoms with Crippen LogP contribution in [-0.4, -0.2) is 18.9 Å². The molecule has 0 aromatic heterocycles. The molecule has 0 aromatic carbocycles. The topological polar surface area (TPSA) is 55.4 Å². The number of ether oxygens (including phenoxy) is 1. The Bertz CT molecular complexity index is 579. The van der Waals surface area contributed by atoms with Crippen LogP contribution in [0.3, 0.4) is 0 Å². The maximum absolute atomic E-state index is 12.7. The summed E-state index contributed by atoms with van der Waals surface area (Å²) in [6.45, 7) is 6.16. The standard InChI is InChI=1S/C17H23NO3/c1-9-13(16(20)21-4)14(10-5-6-10)15-11(18-9)7-17(2,3)8-12(15)19/h10,14,18H,5-8H2,1-4H3. The Balaban J connectivity index is 2.06. The summed E-state index contributed by atoms with van der Waals surface area (Å²) in [5.41, 5.74) is 3.37. The van der Waals surface area contributed by atoms with E-state index in [4.69, 9.17) is 4.74 Å². The molecule has 2 aliphatic carbocycles. The molecule has 0 aromatic rings. The first kappa shape index (κ1) is 14.4. The summed E-state index contributed by atoms with van der Waals surface area (Å²) in [6.07, 6.45) is 3.60. The van der Waals surface area contributed by atoms with Gasteiger partial charge in [0.05, 0.1) is 12.7 Å². The number of allylic oxidation sites excluding steroid dienone is 3. The van der Waals surface area contributed by atoms with Gasteiger partial charge in [0.2, 0.25) is 0 Å². The van der Waals surface area contributed by atoms with Crippen molar-refractivity contribution in [2.24, 2.45) is 17.3 Å². The number of hydrogen-bond donors (Lipinski definition) is 1. The lowest BCUT2D eigenvalue weighted by molar-refractivity contribution is -0.136. The predicted molar refractivity (Wildman–Crippen MR) is 79.1 cm³/mol. The summed E-state index contributed by atoms with van der Waals surface area (Å²) in [5, 5.41) is 3.32. The van der Waals surface area contributed by atoms with Gasteiger partial charge in [-0.3, -0.25) is 4.79 Å². The predicted octanol–water partition coefficient (Wildman–Crippen LogP) is 2.71. The second-order valence-electron chi connectivity index (χ2n) is 7.30. The van der Waals surface area contributed by atoms with Gasteiger partial charge in [0.1, 0.15) is 0 Å². The Kier molecular flexibility index (Phi) is 3.23. The molecule has 4 nitrogen and oxygen atoms in total. The summed E-state index contributed by atoms with van der Waals surface area (Å²) in [6, 6.07) is 0. The average molecular weight is 289 g/mol. The second kappa shape index (κ2) is 4.72. The third kappa shape index (κ3) is 2.41. The van der Waals surface area contributed by atoms with Crippen molar-refractivity contribution in [1.29, 1.82) is 0 Å². The van der Waals surface area contributed by atoms with Crippen molar-refractivity contribution in [1.82, 2.24) is 5.32 Å². The highest BCUT2D eigenvalue weighted by Gasteiger charge is 2.47. The van der Waals surface area contributed by atoms with Gasteiger partial charge in [-0.25, -0.2) is 4.79 Å². The van der Waals surface area contributed by atoms with E-state index in [-0.39, 0.29) is 23.1 Å². The minimum atomic E-state index is -0.305. The third-order valence-electron chi connectivity index (χ3n) is 4.78. The van der Waals surface area contributed by atoms with Crippen molar-refractivity contribution < 1.29 is 14.3 Å². The van der Waals surface area contributed by atoms with Crippen LogP contribution in [0.2, 0.25) is 0 Å². The number of carbonyl (C=O) groups excluding carboxylic acids is 2. The molecule has 0 radical (unpaired) electrons. The quantitative estimate of drug-likeness (QED) is 0.794. The molecule has 114 valence electrons. The fraction of sp³-hybridized carbons (Fsp3) is 0.647. The Morgan fingerprint density at radius 2 is 1.95 bits per heavy atom. The molecule has 1 heterocycles. The van der Waals surface area contributed by atoms with Crippen LogP contribution in [0.25, 0.3) is 0 Å².